The van der Waals surface area contributed by atoms with E-state index in [0.717, 1.165) is 30.5 Å². The van der Waals surface area contributed by atoms with Crippen LogP contribution in [0.15, 0.2) is 53.4 Å². The van der Waals surface area contributed by atoms with Gasteiger partial charge in [-0.15, -0.1) is 0 Å². The Balaban J connectivity index is 1.53. The molecule has 2 aliphatic heterocycles. The Labute approximate surface area is 159 Å². The number of para-hydroxylation sites is 1. The topological polar surface area (TPSA) is 75.7 Å². The number of hydrogen-bond acceptors (Lipinski definition) is 4. The van der Waals surface area contributed by atoms with Gasteiger partial charge in [0.2, 0.25) is 10.0 Å². The van der Waals surface area contributed by atoms with Gasteiger partial charge in [-0.2, -0.15) is 0 Å². The van der Waals surface area contributed by atoms with E-state index in [9.17, 15) is 13.2 Å². The maximum Gasteiger partial charge on any atom is 0.258 e. The quantitative estimate of drug-likeness (QED) is 0.856. The number of anilines is 1. The summed E-state index contributed by atoms with van der Waals surface area (Å²) in [6.45, 7) is 1.53. The summed E-state index contributed by atoms with van der Waals surface area (Å²) in [5.74, 6) is -0.184. The first-order valence-electron chi connectivity index (χ1n) is 9.16. The van der Waals surface area contributed by atoms with Gasteiger partial charge in [-0.3, -0.25) is 4.79 Å². The zero-order valence-electron chi connectivity index (χ0n) is 14.9. The van der Waals surface area contributed by atoms with Gasteiger partial charge in [-0.1, -0.05) is 24.3 Å². The fraction of sp³-hybridized carbons (Fsp3) is 0.350. The molecule has 4 rings (SSSR count). The number of hydrogen-bond donors (Lipinski definition) is 1. The smallest absolute Gasteiger partial charge is 0.258 e. The van der Waals surface area contributed by atoms with Gasteiger partial charge in [0.05, 0.1) is 11.0 Å². The summed E-state index contributed by atoms with van der Waals surface area (Å²) in [6.07, 6.45) is 2.54. The fourth-order valence-corrected chi connectivity index (χ4v) is 4.70. The number of sulfonamides is 1. The number of amides is 1. The molecule has 2 heterocycles. The minimum Gasteiger partial charge on any atom is -0.377 e. The van der Waals surface area contributed by atoms with E-state index < -0.39 is 10.0 Å². The minimum atomic E-state index is -3.69. The van der Waals surface area contributed by atoms with Crippen LogP contribution in [0.5, 0.6) is 0 Å². The molecule has 2 aromatic rings. The van der Waals surface area contributed by atoms with Crippen LogP contribution in [0.3, 0.4) is 0 Å². The third kappa shape index (κ3) is 3.76. The molecule has 0 radical (unpaired) electrons. The molecule has 1 saturated heterocycles. The summed E-state index contributed by atoms with van der Waals surface area (Å²) < 4.78 is 33.2. The molecule has 1 atom stereocenters. The van der Waals surface area contributed by atoms with Gasteiger partial charge in [0.1, 0.15) is 0 Å². The van der Waals surface area contributed by atoms with Gasteiger partial charge < -0.3 is 9.64 Å². The molecule has 1 N–H and O–H groups in total. The van der Waals surface area contributed by atoms with Gasteiger partial charge in [-0.25, -0.2) is 13.1 Å². The van der Waals surface area contributed by atoms with Gasteiger partial charge in [0, 0.05) is 30.9 Å². The van der Waals surface area contributed by atoms with Crippen molar-refractivity contribution in [1.29, 1.82) is 0 Å². The SMILES string of the molecule is O=C(c1cccc(S(=O)(=O)NCC2CCCO2)c1)N1CCc2ccccc21. The van der Waals surface area contributed by atoms with E-state index in [1.54, 1.807) is 17.0 Å². The number of ether oxygens (including phenoxy) is 1. The Bertz CT molecular complexity index is 952. The van der Waals surface area contributed by atoms with Crippen molar-refractivity contribution in [2.24, 2.45) is 0 Å². The Hall–Kier alpha value is -2.22. The molecule has 1 fully saturated rings. The summed E-state index contributed by atoms with van der Waals surface area (Å²) in [4.78, 5) is 14.8. The molecule has 0 saturated carbocycles. The predicted octanol–water partition coefficient (Wildman–Crippen LogP) is 2.35. The summed E-state index contributed by atoms with van der Waals surface area (Å²) in [5, 5.41) is 0. The third-order valence-electron chi connectivity index (χ3n) is 5.05. The standard InChI is InChI=1S/C20H22N2O4S/c23-20(22-11-10-15-5-1-2-9-19(15)22)16-6-3-8-18(13-16)27(24,25)21-14-17-7-4-12-26-17/h1-3,5-6,8-9,13,17,21H,4,7,10-12,14H2. The first kappa shape index (κ1) is 18.2. The fourth-order valence-electron chi connectivity index (χ4n) is 3.59. The minimum absolute atomic E-state index is 0.0781. The lowest BCUT2D eigenvalue weighted by atomic mass is 10.1. The first-order chi connectivity index (χ1) is 13.0. The third-order valence-corrected chi connectivity index (χ3v) is 6.47. The highest BCUT2D eigenvalue weighted by Gasteiger charge is 2.26. The maximum atomic E-state index is 12.9. The summed E-state index contributed by atoms with van der Waals surface area (Å²) in [6, 6.07) is 14.0. The van der Waals surface area contributed by atoms with E-state index in [2.05, 4.69) is 4.72 Å². The normalized spacial score (nSPS) is 19.3. The summed E-state index contributed by atoms with van der Waals surface area (Å²) in [7, 11) is -3.69. The molecule has 27 heavy (non-hydrogen) atoms. The van der Waals surface area contributed by atoms with Crippen LogP contribution >= 0.6 is 0 Å². The van der Waals surface area contributed by atoms with Gasteiger partial charge in [0.25, 0.3) is 5.91 Å². The lowest BCUT2D eigenvalue weighted by molar-refractivity contribution is 0.0989. The second-order valence-electron chi connectivity index (χ2n) is 6.85. The van der Waals surface area contributed by atoms with Gasteiger partial charge >= 0.3 is 0 Å². The van der Waals surface area contributed by atoms with Gasteiger partial charge in [0.15, 0.2) is 0 Å². The van der Waals surface area contributed by atoms with Crippen molar-refractivity contribution in [1.82, 2.24) is 4.72 Å². The number of benzene rings is 2. The highest BCUT2D eigenvalue weighted by atomic mass is 32.2. The van der Waals surface area contributed by atoms with Crippen molar-refractivity contribution >= 4 is 21.6 Å². The molecule has 0 aliphatic carbocycles. The zero-order chi connectivity index (χ0) is 18.9. The zero-order valence-corrected chi connectivity index (χ0v) is 15.7. The molecule has 142 valence electrons. The molecule has 7 heteroatoms. The maximum absolute atomic E-state index is 12.9. The molecule has 0 bridgehead atoms. The van der Waals surface area contributed by atoms with Crippen LogP contribution in [0.2, 0.25) is 0 Å². The van der Waals surface area contributed by atoms with Gasteiger partial charge in [-0.05, 0) is 49.1 Å². The molecule has 1 amide bonds. The second-order valence-corrected chi connectivity index (χ2v) is 8.62. The second kappa shape index (κ2) is 7.42. The number of rotatable bonds is 5. The number of nitrogens with one attached hydrogen (secondary N) is 1. The predicted molar refractivity (Wildman–Crippen MR) is 102 cm³/mol. The Morgan fingerprint density at radius 3 is 2.85 bits per heavy atom. The lowest BCUT2D eigenvalue weighted by Gasteiger charge is -2.18. The molecule has 2 aromatic carbocycles. The highest BCUT2D eigenvalue weighted by Crippen LogP contribution is 2.29. The van der Waals surface area contributed by atoms with Crippen molar-refractivity contribution < 1.29 is 17.9 Å². The van der Waals surface area contributed by atoms with Crippen molar-refractivity contribution in [3.8, 4) is 0 Å². The Morgan fingerprint density at radius 1 is 1.19 bits per heavy atom. The van der Waals surface area contributed by atoms with Crippen LogP contribution in [-0.4, -0.2) is 40.1 Å². The van der Waals surface area contributed by atoms with Crippen molar-refractivity contribution in [2.45, 2.75) is 30.3 Å². The van der Waals surface area contributed by atoms with E-state index in [1.807, 2.05) is 24.3 Å². The number of fused-ring (bicyclic) bond motifs is 1. The van der Waals surface area contributed by atoms with Crippen molar-refractivity contribution in [3.63, 3.8) is 0 Å². The average molecular weight is 386 g/mol. The largest absolute Gasteiger partial charge is 0.377 e. The van der Waals surface area contributed by atoms with Crippen LogP contribution in [0.4, 0.5) is 5.69 Å². The molecule has 2 aliphatic rings. The lowest BCUT2D eigenvalue weighted by Crippen LogP contribution is -2.32. The molecule has 0 spiro atoms. The molecular weight excluding hydrogens is 364 g/mol. The Kier molecular flexibility index (Phi) is 4.99. The number of nitrogens with zero attached hydrogens (tertiary/aromatic N) is 1. The highest BCUT2D eigenvalue weighted by molar-refractivity contribution is 7.89. The summed E-state index contributed by atoms with van der Waals surface area (Å²) in [5.41, 5.74) is 2.40. The van der Waals surface area contributed by atoms with E-state index in [1.165, 1.54) is 12.1 Å². The summed E-state index contributed by atoms with van der Waals surface area (Å²) >= 11 is 0. The molecular formula is C20H22N2O4S. The van der Waals surface area contributed by atoms with Crippen LogP contribution in [0.1, 0.15) is 28.8 Å². The van der Waals surface area contributed by atoms with Crippen LogP contribution in [0.25, 0.3) is 0 Å². The Morgan fingerprint density at radius 2 is 2.04 bits per heavy atom. The average Bonchev–Trinajstić information content (AvgIpc) is 3.36. The number of carbonyl (C=O) groups is 1. The van der Waals surface area contributed by atoms with Crippen LogP contribution < -0.4 is 9.62 Å². The van der Waals surface area contributed by atoms with E-state index in [4.69, 9.17) is 4.74 Å². The molecule has 6 nitrogen and oxygen atoms in total. The first-order valence-corrected chi connectivity index (χ1v) is 10.6. The van der Waals surface area contributed by atoms with Crippen molar-refractivity contribution in [2.75, 3.05) is 24.6 Å². The monoisotopic (exact) mass is 386 g/mol. The van der Waals surface area contributed by atoms with Crippen molar-refractivity contribution in [3.05, 3.63) is 59.7 Å². The van der Waals surface area contributed by atoms with E-state index in [-0.39, 0.29) is 23.5 Å². The molecule has 1 unspecified atom stereocenters. The van der Waals surface area contributed by atoms with E-state index in [0.29, 0.717) is 18.7 Å². The van der Waals surface area contributed by atoms with Crippen LogP contribution in [-0.2, 0) is 21.2 Å². The molecule has 0 aromatic heterocycles. The van der Waals surface area contributed by atoms with E-state index >= 15 is 0 Å². The van der Waals surface area contributed by atoms with Crippen LogP contribution in [0, 0.1) is 0 Å². The number of carbonyl (C=O) groups excluding carboxylic acids is 1.